The maximum absolute atomic E-state index is 12.1. The van der Waals surface area contributed by atoms with Gasteiger partial charge in [0.15, 0.2) is 0 Å². The second kappa shape index (κ2) is 4.06. The van der Waals surface area contributed by atoms with Crippen LogP contribution in [0.15, 0.2) is 18.2 Å². The number of rotatable bonds is 3. The fourth-order valence-corrected chi connectivity index (χ4v) is 2.77. The van der Waals surface area contributed by atoms with E-state index in [0.29, 0.717) is 6.42 Å². The molecule has 5 nitrogen and oxygen atoms in total. The Bertz CT molecular complexity index is 564. The zero-order chi connectivity index (χ0) is 13.6. The number of carbonyl (C=O) groups is 2. The third-order valence-corrected chi connectivity index (χ3v) is 4.13. The zero-order valence-electron chi connectivity index (χ0n) is 11.1. The third kappa shape index (κ3) is 1.73. The highest BCUT2D eigenvalue weighted by molar-refractivity contribution is 6.01. The quantitative estimate of drug-likeness (QED) is 0.777. The van der Waals surface area contributed by atoms with Gasteiger partial charge in [0.05, 0.1) is 11.8 Å². The molecule has 0 radical (unpaired) electrons. The van der Waals surface area contributed by atoms with Gasteiger partial charge in [0, 0.05) is 19.8 Å². The van der Waals surface area contributed by atoms with Crippen LogP contribution in [0.2, 0.25) is 0 Å². The molecule has 0 bridgehead atoms. The fraction of sp³-hybridized carbons (Fsp3) is 0.429. The molecule has 0 saturated heterocycles. The van der Waals surface area contributed by atoms with Gasteiger partial charge in [0.2, 0.25) is 11.8 Å². The molecule has 0 aromatic heterocycles. The zero-order valence-corrected chi connectivity index (χ0v) is 11.1. The summed E-state index contributed by atoms with van der Waals surface area (Å²) in [6.07, 6.45) is 2.16. The average molecular weight is 259 g/mol. The Morgan fingerprint density at radius 1 is 1.37 bits per heavy atom. The van der Waals surface area contributed by atoms with E-state index in [1.165, 1.54) is 0 Å². The van der Waals surface area contributed by atoms with Gasteiger partial charge in [-0.25, -0.2) is 5.43 Å². The molecular formula is C14H17N3O2. The highest BCUT2D eigenvalue weighted by atomic mass is 16.2. The van der Waals surface area contributed by atoms with E-state index in [1.54, 1.807) is 19.0 Å². The normalized spacial score (nSPS) is 19.3. The second-order valence-electron chi connectivity index (χ2n) is 5.26. The number of anilines is 1. The molecule has 1 aromatic carbocycles. The SMILES string of the molecule is CNNC(=O)C1(c2ccc3c(c2)CC(=O)N3C)CC1. The summed E-state index contributed by atoms with van der Waals surface area (Å²) in [7, 11) is 3.47. The molecule has 3 rings (SSSR count). The number of hydrogen-bond acceptors (Lipinski definition) is 3. The largest absolute Gasteiger partial charge is 0.315 e. The average Bonchev–Trinajstić information content (AvgIpc) is 3.15. The number of hydrogen-bond donors (Lipinski definition) is 2. The van der Waals surface area contributed by atoms with Gasteiger partial charge >= 0.3 is 0 Å². The highest BCUT2D eigenvalue weighted by Gasteiger charge is 2.51. The van der Waals surface area contributed by atoms with Gasteiger partial charge in [-0.05, 0) is 30.0 Å². The Labute approximate surface area is 111 Å². The lowest BCUT2D eigenvalue weighted by molar-refractivity contribution is -0.124. The van der Waals surface area contributed by atoms with Crippen LogP contribution in [-0.2, 0) is 21.4 Å². The number of nitrogens with zero attached hydrogens (tertiary/aromatic N) is 1. The molecule has 2 N–H and O–H groups in total. The summed E-state index contributed by atoms with van der Waals surface area (Å²) in [5.74, 6) is 0.115. The number of benzene rings is 1. The summed E-state index contributed by atoms with van der Waals surface area (Å²) in [5, 5.41) is 0. The van der Waals surface area contributed by atoms with Gasteiger partial charge in [-0.2, -0.15) is 0 Å². The van der Waals surface area contributed by atoms with E-state index in [-0.39, 0.29) is 11.8 Å². The number of fused-ring (bicyclic) bond motifs is 1. The number of nitrogens with one attached hydrogen (secondary N) is 2. The summed E-state index contributed by atoms with van der Waals surface area (Å²) < 4.78 is 0. The Morgan fingerprint density at radius 2 is 2.11 bits per heavy atom. The van der Waals surface area contributed by atoms with Gasteiger partial charge in [-0.15, -0.1) is 0 Å². The Balaban J connectivity index is 1.94. The molecule has 2 amide bonds. The van der Waals surface area contributed by atoms with E-state index in [9.17, 15) is 9.59 Å². The van der Waals surface area contributed by atoms with Crippen molar-refractivity contribution in [1.82, 2.24) is 10.9 Å². The van der Waals surface area contributed by atoms with E-state index in [2.05, 4.69) is 10.9 Å². The van der Waals surface area contributed by atoms with Gasteiger partial charge < -0.3 is 4.90 Å². The van der Waals surface area contributed by atoms with Crippen LogP contribution in [0, 0.1) is 0 Å². The van der Waals surface area contributed by atoms with Crippen molar-refractivity contribution in [1.29, 1.82) is 0 Å². The smallest absolute Gasteiger partial charge is 0.244 e. The maximum atomic E-state index is 12.1. The summed E-state index contributed by atoms with van der Waals surface area (Å²) in [6.45, 7) is 0. The van der Waals surface area contributed by atoms with Gasteiger partial charge in [-0.3, -0.25) is 15.0 Å². The van der Waals surface area contributed by atoms with Crippen LogP contribution in [0.5, 0.6) is 0 Å². The van der Waals surface area contributed by atoms with Crippen LogP contribution in [0.4, 0.5) is 5.69 Å². The molecule has 1 fully saturated rings. The first-order chi connectivity index (χ1) is 9.08. The first-order valence-corrected chi connectivity index (χ1v) is 6.45. The van der Waals surface area contributed by atoms with Crippen molar-refractivity contribution in [2.45, 2.75) is 24.7 Å². The lowest BCUT2D eigenvalue weighted by Gasteiger charge is -2.17. The number of hydrazine groups is 1. The van der Waals surface area contributed by atoms with Crippen molar-refractivity contribution >= 4 is 17.5 Å². The third-order valence-electron chi connectivity index (χ3n) is 4.13. The molecule has 0 atom stereocenters. The fourth-order valence-electron chi connectivity index (χ4n) is 2.77. The second-order valence-corrected chi connectivity index (χ2v) is 5.26. The molecule has 1 aliphatic heterocycles. The van der Waals surface area contributed by atoms with Crippen LogP contribution in [0.3, 0.4) is 0 Å². The van der Waals surface area contributed by atoms with Crippen LogP contribution >= 0.6 is 0 Å². The molecule has 1 saturated carbocycles. The van der Waals surface area contributed by atoms with Crippen molar-refractivity contribution in [3.05, 3.63) is 29.3 Å². The first kappa shape index (κ1) is 12.2. The molecule has 0 spiro atoms. The molecule has 1 aliphatic carbocycles. The molecule has 1 heterocycles. The van der Waals surface area contributed by atoms with Crippen molar-refractivity contribution in [2.24, 2.45) is 0 Å². The maximum Gasteiger partial charge on any atom is 0.244 e. The summed E-state index contributed by atoms with van der Waals surface area (Å²) in [4.78, 5) is 25.5. The summed E-state index contributed by atoms with van der Waals surface area (Å²) in [6, 6.07) is 5.93. The summed E-state index contributed by atoms with van der Waals surface area (Å²) in [5.41, 5.74) is 7.95. The minimum absolute atomic E-state index is 0.00706. The first-order valence-electron chi connectivity index (χ1n) is 6.45. The molecule has 2 aliphatic rings. The monoisotopic (exact) mass is 259 g/mol. The molecule has 100 valence electrons. The van der Waals surface area contributed by atoms with E-state index < -0.39 is 5.41 Å². The Hall–Kier alpha value is -1.88. The lowest BCUT2D eigenvalue weighted by Crippen LogP contribution is -2.41. The lowest BCUT2D eigenvalue weighted by atomic mass is 9.93. The van der Waals surface area contributed by atoms with Gasteiger partial charge in [-0.1, -0.05) is 12.1 Å². The predicted molar refractivity (Wildman–Crippen MR) is 71.7 cm³/mol. The molecule has 0 unspecified atom stereocenters. The van der Waals surface area contributed by atoms with Gasteiger partial charge in [0.25, 0.3) is 0 Å². The minimum Gasteiger partial charge on any atom is -0.315 e. The van der Waals surface area contributed by atoms with Gasteiger partial charge in [0.1, 0.15) is 0 Å². The number of likely N-dealkylation sites (N-methyl/N-ethyl adjacent to an activating group) is 1. The minimum atomic E-state index is -0.401. The van der Waals surface area contributed by atoms with Crippen molar-refractivity contribution < 1.29 is 9.59 Å². The van der Waals surface area contributed by atoms with Crippen molar-refractivity contribution in [3.63, 3.8) is 0 Å². The predicted octanol–water partition coefficient (Wildman–Crippen LogP) is 0.488. The van der Waals surface area contributed by atoms with Crippen LogP contribution in [-0.4, -0.2) is 25.9 Å². The van der Waals surface area contributed by atoms with Crippen LogP contribution < -0.4 is 15.8 Å². The van der Waals surface area contributed by atoms with E-state index in [0.717, 1.165) is 29.7 Å². The number of amides is 2. The van der Waals surface area contributed by atoms with E-state index in [4.69, 9.17) is 0 Å². The standard InChI is InChI=1S/C14H17N3O2/c1-15-16-13(19)14(5-6-14)10-3-4-11-9(7-10)8-12(18)17(11)2/h3-4,7,15H,5-6,8H2,1-2H3,(H,16,19). The Morgan fingerprint density at radius 3 is 2.74 bits per heavy atom. The molecular weight excluding hydrogens is 242 g/mol. The molecule has 1 aromatic rings. The van der Waals surface area contributed by atoms with E-state index in [1.807, 2.05) is 18.2 Å². The number of carbonyl (C=O) groups excluding carboxylic acids is 2. The summed E-state index contributed by atoms with van der Waals surface area (Å²) >= 11 is 0. The van der Waals surface area contributed by atoms with Crippen molar-refractivity contribution in [3.8, 4) is 0 Å². The Kier molecular flexibility index (Phi) is 2.60. The van der Waals surface area contributed by atoms with E-state index >= 15 is 0 Å². The van der Waals surface area contributed by atoms with Crippen molar-refractivity contribution in [2.75, 3.05) is 19.0 Å². The molecule has 5 heteroatoms. The molecule has 19 heavy (non-hydrogen) atoms. The highest BCUT2D eigenvalue weighted by Crippen LogP contribution is 2.49. The van der Waals surface area contributed by atoms with Crippen LogP contribution in [0.25, 0.3) is 0 Å². The topological polar surface area (TPSA) is 61.4 Å². The van der Waals surface area contributed by atoms with Crippen LogP contribution in [0.1, 0.15) is 24.0 Å².